The fraction of sp³-hybridized carbons (Fsp3) is 0.909. The zero-order chi connectivity index (χ0) is 11.4. The van der Waals surface area contributed by atoms with E-state index in [-0.39, 0.29) is 23.9 Å². The molecule has 0 aromatic rings. The molecule has 1 fully saturated rings. The van der Waals surface area contributed by atoms with E-state index >= 15 is 0 Å². The summed E-state index contributed by atoms with van der Waals surface area (Å²) in [6.07, 6.45) is 1.04. The Balaban J connectivity index is 2.36. The Morgan fingerprint density at radius 1 is 1.47 bits per heavy atom. The van der Waals surface area contributed by atoms with Crippen molar-refractivity contribution in [3.63, 3.8) is 0 Å². The van der Waals surface area contributed by atoms with Crippen molar-refractivity contribution >= 4 is 5.91 Å². The molecular weight excluding hydrogens is 192 g/mol. The average Bonchev–Trinajstić information content (AvgIpc) is 2.68. The molecule has 3 N–H and O–H groups in total. The lowest BCUT2D eigenvalue weighted by Gasteiger charge is -2.23. The maximum Gasteiger partial charge on any atom is 0.224 e. The first kappa shape index (κ1) is 12.5. The second-order valence-electron chi connectivity index (χ2n) is 4.57. The molecule has 1 amide bonds. The molecule has 0 spiro atoms. The minimum Gasteiger partial charge on any atom is -0.381 e. The van der Waals surface area contributed by atoms with E-state index in [0.717, 1.165) is 19.6 Å². The Labute approximate surface area is 91.5 Å². The summed E-state index contributed by atoms with van der Waals surface area (Å²) in [6, 6.07) is 0.0817. The number of rotatable bonds is 4. The highest BCUT2D eigenvalue weighted by atomic mass is 16.5. The van der Waals surface area contributed by atoms with E-state index in [1.54, 1.807) is 0 Å². The van der Waals surface area contributed by atoms with Crippen LogP contribution in [0.1, 0.15) is 27.2 Å². The number of carbonyl (C=O) groups is 1. The van der Waals surface area contributed by atoms with Crippen molar-refractivity contribution in [3.8, 4) is 0 Å². The molecule has 0 aromatic heterocycles. The second-order valence-corrected chi connectivity index (χ2v) is 4.57. The molecule has 1 aliphatic rings. The smallest absolute Gasteiger partial charge is 0.224 e. The molecule has 88 valence electrons. The summed E-state index contributed by atoms with van der Waals surface area (Å²) < 4.78 is 5.29. The van der Waals surface area contributed by atoms with Crippen molar-refractivity contribution in [2.24, 2.45) is 17.6 Å². The van der Waals surface area contributed by atoms with Gasteiger partial charge in [-0.2, -0.15) is 0 Å². The van der Waals surface area contributed by atoms with Crippen molar-refractivity contribution in [1.29, 1.82) is 0 Å². The minimum absolute atomic E-state index is 0.0457. The Hall–Kier alpha value is -0.610. The van der Waals surface area contributed by atoms with E-state index in [2.05, 4.69) is 5.32 Å². The van der Waals surface area contributed by atoms with Gasteiger partial charge >= 0.3 is 0 Å². The van der Waals surface area contributed by atoms with E-state index in [0.29, 0.717) is 5.92 Å². The molecule has 0 saturated carbocycles. The van der Waals surface area contributed by atoms with Crippen LogP contribution in [0.2, 0.25) is 0 Å². The third-order valence-corrected chi connectivity index (χ3v) is 3.24. The number of nitrogens with two attached hydrogens (primary N) is 1. The molecule has 4 unspecified atom stereocenters. The first-order valence-electron chi connectivity index (χ1n) is 5.66. The van der Waals surface area contributed by atoms with Crippen LogP contribution in [-0.2, 0) is 9.53 Å². The number of hydrogen-bond acceptors (Lipinski definition) is 3. The topological polar surface area (TPSA) is 64.4 Å². The Morgan fingerprint density at radius 3 is 2.60 bits per heavy atom. The van der Waals surface area contributed by atoms with Crippen molar-refractivity contribution in [2.45, 2.75) is 39.3 Å². The lowest BCUT2D eigenvalue weighted by Crippen LogP contribution is -2.45. The SMILES string of the molecule is CC(N)C(C)C(=O)NC(C)C1CCOC1. The first-order valence-corrected chi connectivity index (χ1v) is 5.66. The fourth-order valence-electron chi connectivity index (χ4n) is 1.66. The molecule has 0 aromatic carbocycles. The zero-order valence-corrected chi connectivity index (χ0v) is 9.82. The van der Waals surface area contributed by atoms with Gasteiger partial charge in [-0.25, -0.2) is 0 Å². The normalized spacial score (nSPS) is 27.1. The van der Waals surface area contributed by atoms with E-state index in [1.807, 2.05) is 20.8 Å². The number of carbonyl (C=O) groups excluding carboxylic acids is 1. The van der Waals surface area contributed by atoms with E-state index < -0.39 is 0 Å². The third-order valence-electron chi connectivity index (χ3n) is 3.24. The highest BCUT2D eigenvalue weighted by Crippen LogP contribution is 2.16. The van der Waals surface area contributed by atoms with Crippen LogP contribution in [0.15, 0.2) is 0 Å². The van der Waals surface area contributed by atoms with Crippen molar-refractivity contribution in [2.75, 3.05) is 13.2 Å². The van der Waals surface area contributed by atoms with Gasteiger partial charge in [-0.3, -0.25) is 4.79 Å². The third kappa shape index (κ3) is 3.47. The summed E-state index contributed by atoms with van der Waals surface area (Å²) >= 11 is 0. The highest BCUT2D eigenvalue weighted by molar-refractivity contribution is 5.79. The Kier molecular flexibility index (Phi) is 4.54. The molecule has 4 nitrogen and oxygen atoms in total. The minimum atomic E-state index is -0.130. The molecule has 1 heterocycles. The van der Waals surface area contributed by atoms with E-state index in [9.17, 15) is 4.79 Å². The maximum atomic E-state index is 11.7. The van der Waals surface area contributed by atoms with Crippen molar-refractivity contribution in [1.82, 2.24) is 5.32 Å². The lowest BCUT2D eigenvalue weighted by atomic mass is 9.98. The van der Waals surface area contributed by atoms with Gasteiger partial charge in [-0.05, 0) is 20.3 Å². The molecular formula is C11H22N2O2. The van der Waals surface area contributed by atoms with Crippen molar-refractivity contribution in [3.05, 3.63) is 0 Å². The first-order chi connectivity index (χ1) is 7.02. The quantitative estimate of drug-likeness (QED) is 0.716. The maximum absolute atomic E-state index is 11.7. The van der Waals surface area contributed by atoms with E-state index in [1.165, 1.54) is 0 Å². The number of ether oxygens (including phenoxy) is 1. The summed E-state index contributed by atoms with van der Waals surface area (Å²) in [6.45, 7) is 7.32. The highest BCUT2D eigenvalue weighted by Gasteiger charge is 2.25. The number of amides is 1. The Bertz CT molecular complexity index is 213. The summed E-state index contributed by atoms with van der Waals surface area (Å²) in [5, 5.41) is 3.00. The Morgan fingerprint density at radius 2 is 2.13 bits per heavy atom. The number of nitrogens with one attached hydrogen (secondary N) is 1. The van der Waals surface area contributed by atoms with Gasteiger partial charge in [-0.1, -0.05) is 6.92 Å². The van der Waals surface area contributed by atoms with E-state index in [4.69, 9.17) is 10.5 Å². The van der Waals surface area contributed by atoms with Crippen LogP contribution in [0.25, 0.3) is 0 Å². The number of hydrogen-bond donors (Lipinski definition) is 2. The second kappa shape index (κ2) is 5.47. The molecule has 15 heavy (non-hydrogen) atoms. The van der Waals surface area contributed by atoms with Gasteiger partial charge in [0.05, 0.1) is 6.61 Å². The van der Waals surface area contributed by atoms with Gasteiger partial charge in [0, 0.05) is 30.5 Å². The van der Waals surface area contributed by atoms with Gasteiger partial charge in [0.25, 0.3) is 0 Å². The van der Waals surface area contributed by atoms with Gasteiger partial charge in [-0.15, -0.1) is 0 Å². The van der Waals surface area contributed by atoms with Gasteiger partial charge in [0.15, 0.2) is 0 Å². The van der Waals surface area contributed by atoms with Crippen LogP contribution >= 0.6 is 0 Å². The van der Waals surface area contributed by atoms with Gasteiger partial charge in [0.2, 0.25) is 5.91 Å². The summed E-state index contributed by atoms with van der Waals surface area (Å²) in [5.74, 6) is 0.369. The molecule has 1 rings (SSSR count). The molecule has 0 bridgehead atoms. The zero-order valence-electron chi connectivity index (χ0n) is 9.82. The summed E-state index contributed by atoms with van der Waals surface area (Å²) in [5.41, 5.74) is 5.68. The van der Waals surface area contributed by atoms with Crippen LogP contribution in [-0.4, -0.2) is 31.2 Å². The molecule has 1 aliphatic heterocycles. The lowest BCUT2D eigenvalue weighted by molar-refractivity contribution is -0.125. The van der Waals surface area contributed by atoms with Crippen LogP contribution in [0.3, 0.4) is 0 Å². The van der Waals surface area contributed by atoms with Crippen LogP contribution in [0.5, 0.6) is 0 Å². The molecule has 1 saturated heterocycles. The summed E-state index contributed by atoms with van der Waals surface area (Å²) in [7, 11) is 0. The predicted molar refractivity (Wildman–Crippen MR) is 59.3 cm³/mol. The van der Waals surface area contributed by atoms with Gasteiger partial charge in [0.1, 0.15) is 0 Å². The molecule has 4 atom stereocenters. The van der Waals surface area contributed by atoms with Gasteiger partial charge < -0.3 is 15.8 Å². The largest absolute Gasteiger partial charge is 0.381 e. The van der Waals surface area contributed by atoms with Crippen LogP contribution in [0.4, 0.5) is 0 Å². The average molecular weight is 214 g/mol. The summed E-state index contributed by atoms with van der Waals surface area (Å²) in [4.78, 5) is 11.7. The molecule has 0 aliphatic carbocycles. The fourth-order valence-corrected chi connectivity index (χ4v) is 1.66. The van der Waals surface area contributed by atoms with Crippen molar-refractivity contribution < 1.29 is 9.53 Å². The monoisotopic (exact) mass is 214 g/mol. The predicted octanol–water partition coefficient (Wildman–Crippen LogP) is 0.511. The molecule has 4 heteroatoms. The van der Waals surface area contributed by atoms with Crippen LogP contribution in [0, 0.1) is 11.8 Å². The molecule has 0 radical (unpaired) electrons. The standard InChI is InChI=1S/C11H22N2O2/c1-7(8(2)12)11(14)13-9(3)10-4-5-15-6-10/h7-10H,4-6,12H2,1-3H3,(H,13,14). The van der Waals surface area contributed by atoms with Crippen LogP contribution < -0.4 is 11.1 Å².